The number of carbonyl (C=O) groups is 1. The van der Waals surface area contributed by atoms with Gasteiger partial charge in [-0.25, -0.2) is 18.8 Å². The van der Waals surface area contributed by atoms with Gasteiger partial charge in [0.05, 0.1) is 12.7 Å². The summed E-state index contributed by atoms with van der Waals surface area (Å²) in [5.74, 6) is -0.735. The highest BCUT2D eigenvalue weighted by Crippen LogP contribution is 2.46. The summed E-state index contributed by atoms with van der Waals surface area (Å²) in [7, 11) is -4.10. The molecule has 1 aromatic rings. The van der Waals surface area contributed by atoms with Gasteiger partial charge in [0.25, 0.3) is 5.56 Å². The lowest BCUT2D eigenvalue weighted by atomic mass is 10.1. The highest BCUT2D eigenvalue weighted by Gasteiger charge is 2.46. The maximum atomic E-state index is 14.6. The Hall–Kier alpha value is -1.54. The number of alkyl halides is 1. The van der Waals surface area contributed by atoms with Crippen LogP contribution in [0, 0.1) is 0 Å². The Balaban J connectivity index is 2.09. The number of hydrogen-bond acceptors (Lipinski definition) is 10. The molecule has 1 aromatic heterocycles. The molecule has 0 spiro atoms. The van der Waals surface area contributed by atoms with Crippen LogP contribution in [0.2, 0.25) is 0 Å². The number of aliphatic hydroxyl groups excluding tert-OH is 1. The van der Waals surface area contributed by atoms with Crippen molar-refractivity contribution < 1.29 is 37.4 Å². The third kappa shape index (κ3) is 6.98. The number of halogens is 1. The molecule has 2 heterocycles. The topological polar surface area (TPSA) is 158 Å². The Labute approximate surface area is 187 Å². The van der Waals surface area contributed by atoms with Crippen molar-refractivity contribution in [2.24, 2.45) is 0 Å². The summed E-state index contributed by atoms with van der Waals surface area (Å²) in [6, 6.07) is -0.0550. The van der Waals surface area contributed by atoms with Crippen molar-refractivity contribution >= 4 is 25.5 Å². The van der Waals surface area contributed by atoms with Crippen LogP contribution in [0.25, 0.3) is 0 Å². The van der Waals surface area contributed by atoms with Crippen LogP contribution in [0.15, 0.2) is 21.9 Å². The number of aromatic amines is 1. The molecule has 32 heavy (non-hydrogen) atoms. The molecule has 0 radical (unpaired) electrons. The molecule has 1 aliphatic rings. The number of rotatable bonds is 11. The third-order valence-electron chi connectivity index (χ3n) is 4.23. The second-order valence-corrected chi connectivity index (χ2v) is 9.77. The predicted molar refractivity (Wildman–Crippen MR) is 113 cm³/mol. The number of aromatic nitrogens is 2. The lowest BCUT2D eigenvalue weighted by molar-refractivity contribution is -0.149. The van der Waals surface area contributed by atoms with Gasteiger partial charge in [-0.05, 0) is 27.0 Å². The van der Waals surface area contributed by atoms with E-state index in [0.717, 1.165) is 16.8 Å². The third-order valence-corrected chi connectivity index (χ3v) is 6.42. The minimum Gasteiger partial charge on any atom is -0.462 e. The molecule has 12 nitrogen and oxygen atoms in total. The molecular weight excluding hydrogens is 472 g/mol. The van der Waals surface area contributed by atoms with Gasteiger partial charge >= 0.3 is 19.4 Å². The lowest BCUT2D eigenvalue weighted by Crippen LogP contribution is -2.37. The molecule has 0 aliphatic carbocycles. The van der Waals surface area contributed by atoms with E-state index in [4.69, 9.17) is 18.5 Å². The molecule has 0 aromatic carbocycles. The predicted octanol–water partition coefficient (Wildman–Crippen LogP) is 0.525. The van der Waals surface area contributed by atoms with Crippen LogP contribution in [0.4, 0.5) is 4.39 Å². The van der Waals surface area contributed by atoms with Crippen LogP contribution in [0.5, 0.6) is 0 Å². The first-order chi connectivity index (χ1) is 15.0. The molecular formula is C17H27FN3O9PS. The average Bonchev–Trinajstić information content (AvgIpc) is 2.99. The van der Waals surface area contributed by atoms with E-state index in [9.17, 15) is 28.4 Å². The van der Waals surface area contributed by atoms with E-state index in [1.54, 1.807) is 20.1 Å². The number of esters is 1. The van der Waals surface area contributed by atoms with E-state index >= 15 is 0 Å². The summed E-state index contributed by atoms with van der Waals surface area (Å²) in [4.78, 5) is 37.1. The number of H-pyrrole nitrogens is 1. The van der Waals surface area contributed by atoms with Crippen molar-refractivity contribution in [2.45, 2.75) is 57.5 Å². The molecule has 1 aliphatic heterocycles. The fourth-order valence-corrected chi connectivity index (χ4v) is 4.85. The minimum atomic E-state index is -4.10. The van der Waals surface area contributed by atoms with Gasteiger partial charge in [0, 0.05) is 12.3 Å². The van der Waals surface area contributed by atoms with Crippen LogP contribution in [-0.4, -0.2) is 70.0 Å². The van der Waals surface area contributed by atoms with Gasteiger partial charge in [0.2, 0.25) is 0 Å². The van der Waals surface area contributed by atoms with Gasteiger partial charge in [-0.2, -0.15) is 0 Å². The van der Waals surface area contributed by atoms with Crippen molar-refractivity contribution in [3.8, 4) is 0 Å². The van der Waals surface area contributed by atoms with Crippen molar-refractivity contribution in [2.75, 3.05) is 18.8 Å². The highest BCUT2D eigenvalue weighted by atomic mass is 32.2. The minimum absolute atomic E-state index is 0.0502. The Morgan fingerprint density at radius 1 is 1.41 bits per heavy atom. The van der Waals surface area contributed by atoms with E-state index in [0.29, 0.717) is 0 Å². The molecule has 3 unspecified atom stereocenters. The van der Waals surface area contributed by atoms with Crippen LogP contribution >= 0.6 is 19.5 Å². The van der Waals surface area contributed by atoms with Crippen LogP contribution in [-0.2, 0) is 27.9 Å². The molecule has 6 atom stereocenters. The molecule has 3 N–H and O–H groups in total. The zero-order valence-corrected chi connectivity index (χ0v) is 19.6. The Kier molecular flexibility index (Phi) is 9.64. The average molecular weight is 499 g/mol. The normalized spacial score (nSPS) is 26.1. The second-order valence-electron chi connectivity index (χ2n) is 7.18. The van der Waals surface area contributed by atoms with Crippen molar-refractivity contribution in [1.29, 1.82) is 0 Å². The quantitative estimate of drug-likeness (QED) is 0.221. The van der Waals surface area contributed by atoms with Crippen LogP contribution in [0.1, 0.15) is 27.0 Å². The van der Waals surface area contributed by atoms with Crippen LogP contribution in [0.3, 0.4) is 0 Å². The summed E-state index contributed by atoms with van der Waals surface area (Å²) in [5, 5.41) is 12.6. The first-order valence-electron chi connectivity index (χ1n) is 9.63. The molecule has 0 saturated carbocycles. The number of ether oxygens (including phenoxy) is 2. The Morgan fingerprint density at radius 3 is 2.69 bits per heavy atom. The summed E-state index contributed by atoms with van der Waals surface area (Å²) in [6.07, 6.45) is -4.30. The highest BCUT2D eigenvalue weighted by molar-refractivity contribution is 7.98. The molecule has 0 bridgehead atoms. The SMILES string of the molecule is CSCOP(=O)(NC(C)C(=O)OC(C)C)OC[C@H]1OC(n2ccc(=O)[nH]c2=O)[C@@H](F)[C@H]1O. The zero-order chi connectivity index (χ0) is 24.1. The summed E-state index contributed by atoms with van der Waals surface area (Å²) in [6.45, 7) is 4.13. The number of aliphatic hydroxyl groups is 1. The van der Waals surface area contributed by atoms with E-state index < -0.39 is 68.3 Å². The van der Waals surface area contributed by atoms with E-state index in [2.05, 4.69) is 5.09 Å². The van der Waals surface area contributed by atoms with Crippen LogP contribution < -0.4 is 16.3 Å². The summed E-state index contributed by atoms with van der Waals surface area (Å²) < 4.78 is 49.4. The zero-order valence-electron chi connectivity index (χ0n) is 17.9. The van der Waals surface area contributed by atoms with E-state index in [1.165, 1.54) is 18.7 Å². The maximum Gasteiger partial charge on any atom is 0.407 e. The Bertz CT molecular complexity index is 942. The van der Waals surface area contributed by atoms with Gasteiger partial charge in [0.15, 0.2) is 12.4 Å². The van der Waals surface area contributed by atoms with Gasteiger partial charge in [0.1, 0.15) is 24.2 Å². The molecule has 15 heteroatoms. The number of nitrogens with one attached hydrogen (secondary N) is 2. The molecule has 1 saturated heterocycles. The number of hydrogen-bond donors (Lipinski definition) is 3. The number of nitrogens with zero attached hydrogens (tertiary/aromatic N) is 1. The number of thioether (sulfide) groups is 1. The molecule has 1 fully saturated rings. The fraction of sp³-hybridized carbons (Fsp3) is 0.706. The van der Waals surface area contributed by atoms with Crippen molar-refractivity contribution in [1.82, 2.24) is 14.6 Å². The van der Waals surface area contributed by atoms with Gasteiger partial charge in [-0.1, -0.05) is 0 Å². The standard InChI is InChI=1S/C17H27FN3O9PS/c1-9(2)29-16(24)10(3)20-31(26,28-8-32-4)27-7-11-14(23)13(18)15(30-11)21-6-5-12(22)19-17(21)25/h5-6,9-11,13-15,23H,7-8H2,1-4H3,(H,20,26)(H,19,22,25)/t10?,11-,13+,14+,15?,31?/m1/s1. The lowest BCUT2D eigenvalue weighted by Gasteiger charge is -2.24. The maximum absolute atomic E-state index is 14.6. The van der Waals surface area contributed by atoms with Gasteiger partial charge < -0.3 is 14.6 Å². The summed E-state index contributed by atoms with van der Waals surface area (Å²) in [5.41, 5.74) is -1.60. The van der Waals surface area contributed by atoms with Crippen molar-refractivity contribution in [3.05, 3.63) is 33.1 Å². The van der Waals surface area contributed by atoms with E-state index in [-0.39, 0.29) is 5.94 Å². The fourth-order valence-electron chi connectivity index (χ4n) is 2.72. The molecule has 182 valence electrons. The molecule has 2 rings (SSSR count). The first kappa shape index (κ1) is 26.7. The second kappa shape index (κ2) is 11.5. The molecule has 0 amide bonds. The van der Waals surface area contributed by atoms with Crippen molar-refractivity contribution in [3.63, 3.8) is 0 Å². The van der Waals surface area contributed by atoms with Gasteiger partial charge in [-0.3, -0.25) is 28.2 Å². The number of carbonyl (C=O) groups excluding carboxylic acids is 1. The van der Waals surface area contributed by atoms with Gasteiger partial charge in [-0.15, -0.1) is 11.8 Å². The monoisotopic (exact) mass is 499 g/mol. The summed E-state index contributed by atoms with van der Waals surface area (Å²) >= 11 is 1.20. The first-order valence-corrected chi connectivity index (χ1v) is 12.6. The smallest absolute Gasteiger partial charge is 0.407 e. The largest absolute Gasteiger partial charge is 0.462 e. The van der Waals surface area contributed by atoms with E-state index in [1.807, 2.05) is 4.98 Å². The Morgan fingerprint density at radius 2 is 2.09 bits per heavy atom.